The Kier molecular flexibility index (Phi) is 6.32. The maximum absolute atomic E-state index is 5.81. The van der Waals surface area contributed by atoms with Crippen molar-refractivity contribution in [1.82, 2.24) is 0 Å². The molecule has 2 aromatic rings. The summed E-state index contributed by atoms with van der Waals surface area (Å²) in [6.45, 7) is 7.26. The number of benzene rings is 2. The van der Waals surface area contributed by atoms with Crippen LogP contribution in [0.25, 0.3) is 5.57 Å². The third kappa shape index (κ3) is 5.08. The zero-order valence-corrected chi connectivity index (χ0v) is 16.5. The first-order chi connectivity index (χ1) is 12.5. The number of hydrogen-bond acceptors (Lipinski definition) is 1. The van der Waals surface area contributed by atoms with E-state index in [-0.39, 0.29) is 5.60 Å². The van der Waals surface area contributed by atoms with Crippen LogP contribution in [-0.2, 0) is 4.74 Å². The van der Waals surface area contributed by atoms with Crippen molar-refractivity contribution in [1.29, 1.82) is 0 Å². The molecule has 0 spiro atoms. The molecule has 0 saturated heterocycles. The minimum Gasteiger partial charge on any atom is -0.376 e. The molecule has 0 aromatic heterocycles. The Hall–Kier alpha value is -1.86. The Morgan fingerprint density at radius 2 is 1.50 bits per heavy atom. The molecule has 1 nitrogen and oxygen atoms in total. The van der Waals surface area contributed by atoms with Crippen LogP contribution in [0.15, 0.2) is 60.7 Å². The molecule has 0 aliphatic heterocycles. The number of fused-ring (bicyclic) bond motifs is 1. The molecule has 1 atom stereocenters. The quantitative estimate of drug-likeness (QED) is 0.467. The smallest absolute Gasteiger partial charge is 0.0598 e. The van der Waals surface area contributed by atoms with Crippen LogP contribution >= 0.6 is 0 Å². The van der Waals surface area contributed by atoms with Crippen LogP contribution in [0.3, 0.4) is 0 Å². The summed E-state index contributed by atoms with van der Waals surface area (Å²) in [5.41, 5.74) is 5.66. The zero-order chi connectivity index (χ0) is 18.4. The molecule has 26 heavy (non-hydrogen) atoms. The highest BCUT2D eigenvalue weighted by atomic mass is 16.5. The van der Waals surface area contributed by atoms with Crippen LogP contribution in [0, 0.1) is 0 Å². The Bertz CT molecular complexity index is 721. The lowest BCUT2D eigenvalue weighted by Gasteiger charge is -2.19. The van der Waals surface area contributed by atoms with E-state index in [1.54, 1.807) is 0 Å². The molecular weight excluding hydrogens is 316 g/mol. The molecule has 0 N–H and O–H groups in total. The van der Waals surface area contributed by atoms with Gasteiger partial charge < -0.3 is 4.74 Å². The topological polar surface area (TPSA) is 9.23 Å². The molecule has 138 valence electrons. The van der Waals surface area contributed by atoms with Crippen molar-refractivity contribution in [2.24, 2.45) is 0 Å². The molecule has 1 aliphatic carbocycles. The van der Waals surface area contributed by atoms with Gasteiger partial charge in [-0.1, -0.05) is 79.9 Å². The first-order valence-electron chi connectivity index (χ1n) is 10.0. The summed E-state index contributed by atoms with van der Waals surface area (Å²) >= 11 is 0. The largest absolute Gasteiger partial charge is 0.376 e. The predicted octanol–water partition coefficient (Wildman–Crippen LogP) is 6.98. The van der Waals surface area contributed by atoms with Gasteiger partial charge in [-0.25, -0.2) is 0 Å². The summed E-state index contributed by atoms with van der Waals surface area (Å²) in [6, 6.07) is 19.7. The Balaban J connectivity index is 1.53. The molecule has 3 rings (SSSR count). The van der Waals surface area contributed by atoms with Gasteiger partial charge in [-0.15, -0.1) is 0 Å². The van der Waals surface area contributed by atoms with Gasteiger partial charge in [0.05, 0.1) is 5.60 Å². The standard InChI is InChI=1S/C25H32O/c1-25(2,3)26-18-12-5-4-7-15-21-19-24(20-13-8-6-9-14-20)23-17-11-10-16-22(21)23/h6,8-11,13-14,16-17,19,21H,4-5,7,12,15,18H2,1-3H3. The van der Waals surface area contributed by atoms with E-state index >= 15 is 0 Å². The van der Waals surface area contributed by atoms with E-state index in [1.807, 2.05) is 0 Å². The Morgan fingerprint density at radius 1 is 0.808 bits per heavy atom. The van der Waals surface area contributed by atoms with E-state index in [0.29, 0.717) is 5.92 Å². The summed E-state index contributed by atoms with van der Waals surface area (Å²) in [6.07, 6.45) is 8.74. The van der Waals surface area contributed by atoms with Crippen molar-refractivity contribution in [2.45, 2.75) is 64.4 Å². The van der Waals surface area contributed by atoms with E-state index in [9.17, 15) is 0 Å². The molecule has 0 saturated carbocycles. The molecule has 1 heteroatoms. The number of rotatable bonds is 8. The molecule has 2 aromatic carbocycles. The molecule has 1 unspecified atom stereocenters. The maximum Gasteiger partial charge on any atom is 0.0598 e. The van der Waals surface area contributed by atoms with E-state index in [0.717, 1.165) is 6.61 Å². The van der Waals surface area contributed by atoms with Crippen LogP contribution in [-0.4, -0.2) is 12.2 Å². The normalized spacial score (nSPS) is 16.4. The zero-order valence-electron chi connectivity index (χ0n) is 16.5. The van der Waals surface area contributed by atoms with E-state index in [2.05, 4.69) is 81.4 Å². The minimum atomic E-state index is -0.00775. The Morgan fingerprint density at radius 3 is 2.27 bits per heavy atom. The van der Waals surface area contributed by atoms with Crippen LogP contribution in [0.4, 0.5) is 0 Å². The fraction of sp³-hybridized carbons (Fsp3) is 0.440. The van der Waals surface area contributed by atoms with Crippen molar-refractivity contribution in [3.05, 3.63) is 77.4 Å². The monoisotopic (exact) mass is 348 g/mol. The molecular formula is C25H32O. The van der Waals surface area contributed by atoms with Crippen molar-refractivity contribution >= 4 is 5.57 Å². The maximum atomic E-state index is 5.81. The van der Waals surface area contributed by atoms with Crippen LogP contribution in [0.1, 0.15) is 75.5 Å². The summed E-state index contributed by atoms with van der Waals surface area (Å²) < 4.78 is 5.81. The summed E-state index contributed by atoms with van der Waals surface area (Å²) in [4.78, 5) is 0. The van der Waals surface area contributed by atoms with Gasteiger partial charge in [-0.05, 0) is 55.9 Å². The lowest BCUT2D eigenvalue weighted by molar-refractivity contribution is -0.00475. The SMILES string of the molecule is CC(C)(C)OCCCCCCC1C=C(c2ccccc2)c2ccccc21. The fourth-order valence-corrected chi connectivity index (χ4v) is 3.75. The van der Waals surface area contributed by atoms with E-state index in [1.165, 1.54) is 54.4 Å². The van der Waals surface area contributed by atoms with Crippen molar-refractivity contribution in [2.75, 3.05) is 6.61 Å². The van der Waals surface area contributed by atoms with Crippen molar-refractivity contribution in [3.63, 3.8) is 0 Å². The first-order valence-corrected chi connectivity index (χ1v) is 10.0. The first kappa shape index (κ1) is 18.9. The van der Waals surface area contributed by atoms with Crippen LogP contribution < -0.4 is 0 Å². The van der Waals surface area contributed by atoms with Gasteiger partial charge in [-0.3, -0.25) is 0 Å². The highest BCUT2D eigenvalue weighted by molar-refractivity contribution is 5.85. The average Bonchev–Trinajstić information content (AvgIpc) is 3.00. The van der Waals surface area contributed by atoms with E-state index in [4.69, 9.17) is 4.74 Å². The number of unbranched alkanes of at least 4 members (excludes halogenated alkanes) is 3. The van der Waals surface area contributed by atoms with Gasteiger partial charge in [-0.2, -0.15) is 0 Å². The summed E-state index contributed by atoms with van der Waals surface area (Å²) in [5, 5.41) is 0. The number of hydrogen-bond donors (Lipinski definition) is 0. The van der Waals surface area contributed by atoms with E-state index < -0.39 is 0 Å². The van der Waals surface area contributed by atoms with Gasteiger partial charge in [0.15, 0.2) is 0 Å². The van der Waals surface area contributed by atoms with Gasteiger partial charge in [0, 0.05) is 12.5 Å². The van der Waals surface area contributed by atoms with Gasteiger partial charge in [0.1, 0.15) is 0 Å². The molecule has 0 amide bonds. The van der Waals surface area contributed by atoms with Crippen molar-refractivity contribution in [3.8, 4) is 0 Å². The van der Waals surface area contributed by atoms with Crippen LogP contribution in [0.5, 0.6) is 0 Å². The third-order valence-corrected chi connectivity index (χ3v) is 5.05. The average molecular weight is 349 g/mol. The second-order valence-corrected chi connectivity index (χ2v) is 8.30. The number of allylic oxidation sites excluding steroid dienone is 1. The van der Waals surface area contributed by atoms with Gasteiger partial charge >= 0.3 is 0 Å². The lowest BCUT2D eigenvalue weighted by Crippen LogP contribution is -2.19. The molecule has 0 radical (unpaired) electrons. The Labute approximate surface area is 159 Å². The van der Waals surface area contributed by atoms with Crippen molar-refractivity contribution < 1.29 is 4.74 Å². The van der Waals surface area contributed by atoms with Gasteiger partial charge in [0.2, 0.25) is 0 Å². The third-order valence-electron chi connectivity index (χ3n) is 5.05. The van der Waals surface area contributed by atoms with Gasteiger partial charge in [0.25, 0.3) is 0 Å². The molecule has 1 aliphatic rings. The van der Waals surface area contributed by atoms with Crippen LogP contribution in [0.2, 0.25) is 0 Å². The molecule has 0 heterocycles. The second-order valence-electron chi connectivity index (χ2n) is 8.30. The highest BCUT2D eigenvalue weighted by Gasteiger charge is 2.23. The lowest BCUT2D eigenvalue weighted by atomic mass is 9.94. The number of ether oxygens (including phenoxy) is 1. The summed E-state index contributed by atoms with van der Waals surface area (Å²) in [7, 11) is 0. The minimum absolute atomic E-state index is 0.00775. The second kappa shape index (κ2) is 8.68. The molecule has 0 bridgehead atoms. The highest BCUT2D eigenvalue weighted by Crippen LogP contribution is 2.41. The summed E-state index contributed by atoms with van der Waals surface area (Å²) in [5.74, 6) is 0.562. The molecule has 0 fully saturated rings. The predicted molar refractivity (Wildman–Crippen MR) is 111 cm³/mol. The fourth-order valence-electron chi connectivity index (χ4n) is 3.75.